The van der Waals surface area contributed by atoms with Gasteiger partial charge in [-0.3, -0.25) is 5.41 Å². The lowest BCUT2D eigenvalue weighted by atomic mass is 10.1. The summed E-state index contributed by atoms with van der Waals surface area (Å²) in [7, 11) is 2.13. The monoisotopic (exact) mass is 265 g/mol. The van der Waals surface area contributed by atoms with E-state index in [9.17, 15) is 0 Å². The van der Waals surface area contributed by atoms with Crippen molar-refractivity contribution < 1.29 is 0 Å². The van der Waals surface area contributed by atoms with Gasteiger partial charge in [0.1, 0.15) is 5.84 Å². The Morgan fingerprint density at radius 2 is 2.17 bits per heavy atom. The molecule has 18 heavy (non-hydrogen) atoms. The van der Waals surface area contributed by atoms with Crippen LogP contribution in [0.25, 0.3) is 0 Å². The second kappa shape index (κ2) is 6.69. The number of thioether (sulfide) groups is 1. The zero-order valence-corrected chi connectivity index (χ0v) is 12.5. The Hall–Kier alpha value is -1.16. The zero-order chi connectivity index (χ0) is 13.7. The molecular formula is C14H23N3S. The van der Waals surface area contributed by atoms with Gasteiger partial charge >= 0.3 is 0 Å². The molecule has 3 N–H and O–H groups in total. The Morgan fingerprint density at radius 1 is 1.50 bits per heavy atom. The van der Waals surface area contributed by atoms with Crippen molar-refractivity contribution in [2.24, 2.45) is 5.73 Å². The highest BCUT2D eigenvalue weighted by molar-refractivity contribution is 7.98. The van der Waals surface area contributed by atoms with Crippen LogP contribution in [0.3, 0.4) is 0 Å². The minimum atomic E-state index is 0.137. The number of nitrogens with zero attached hydrogens (tertiary/aromatic N) is 1. The maximum absolute atomic E-state index is 7.50. The third-order valence-electron chi connectivity index (χ3n) is 3.29. The molecule has 0 aliphatic carbocycles. The first-order chi connectivity index (χ1) is 8.51. The van der Waals surface area contributed by atoms with Crippen molar-refractivity contribution >= 4 is 23.3 Å². The molecule has 0 radical (unpaired) electrons. The predicted octanol–water partition coefficient (Wildman–Crippen LogP) is 2.86. The fourth-order valence-corrected chi connectivity index (χ4v) is 2.92. The Kier molecular flexibility index (Phi) is 5.54. The van der Waals surface area contributed by atoms with E-state index >= 15 is 0 Å². The molecule has 3 nitrogen and oxygen atoms in total. The number of anilines is 1. The summed E-state index contributed by atoms with van der Waals surface area (Å²) >= 11 is 1.87. The maximum atomic E-state index is 7.50. The molecule has 0 amide bonds. The lowest BCUT2D eigenvalue weighted by Crippen LogP contribution is -2.33. The van der Waals surface area contributed by atoms with Crippen molar-refractivity contribution in [3.05, 3.63) is 29.3 Å². The van der Waals surface area contributed by atoms with E-state index in [4.69, 9.17) is 11.1 Å². The first-order valence-corrected chi connectivity index (χ1v) is 7.57. The Bertz CT molecular complexity index is 418. The summed E-state index contributed by atoms with van der Waals surface area (Å²) in [4.78, 5) is 2.31. The van der Waals surface area contributed by atoms with Crippen LogP contribution in [0, 0.1) is 12.3 Å². The number of hydrogen-bond acceptors (Lipinski definition) is 3. The van der Waals surface area contributed by atoms with E-state index in [0.29, 0.717) is 6.04 Å². The van der Waals surface area contributed by atoms with Crippen LogP contribution in [-0.4, -0.2) is 30.9 Å². The third-order valence-corrected chi connectivity index (χ3v) is 4.00. The van der Waals surface area contributed by atoms with Gasteiger partial charge in [-0.1, -0.05) is 6.92 Å². The molecule has 4 heteroatoms. The van der Waals surface area contributed by atoms with Gasteiger partial charge in [0.15, 0.2) is 0 Å². The van der Waals surface area contributed by atoms with Gasteiger partial charge in [0.2, 0.25) is 0 Å². The smallest absolute Gasteiger partial charge is 0.123 e. The lowest BCUT2D eigenvalue weighted by Gasteiger charge is -2.29. The van der Waals surface area contributed by atoms with E-state index in [-0.39, 0.29) is 5.84 Å². The number of aryl methyl sites for hydroxylation is 1. The molecule has 1 aromatic carbocycles. The molecule has 1 atom stereocenters. The van der Waals surface area contributed by atoms with E-state index in [1.54, 1.807) is 0 Å². The topological polar surface area (TPSA) is 53.1 Å². The summed E-state index contributed by atoms with van der Waals surface area (Å²) < 4.78 is 0. The van der Waals surface area contributed by atoms with Crippen molar-refractivity contribution in [2.45, 2.75) is 26.3 Å². The number of hydrogen-bond donors (Lipinski definition) is 2. The van der Waals surface area contributed by atoms with Gasteiger partial charge in [-0.15, -0.1) is 0 Å². The minimum absolute atomic E-state index is 0.137. The zero-order valence-electron chi connectivity index (χ0n) is 11.7. The van der Waals surface area contributed by atoms with Crippen LogP contribution < -0.4 is 10.6 Å². The molecule has 1 aromatic rings. The Labute approximate surface area is 114 Å². The van der Waals surface area contributed by atoms with Gasteiger partial charge in [-0.05, 0) is 43.4 Å². The van der Waals surface area contributed by atoms with Gasteiger partial charge in [-0.25, -0.2) is 0 Å². The molecule has 0 aromatic heterocycles. The molecule has 100 valence electrons. The van der Waals surface area contributed by atoms with Crippen molar-refractivity contribution in [2.75, 3.05) is 24.0 Å². The molecule has 1 rings (SSSR count). The molecule has 0 heterocycles. The minimum Gasteiger partial charge on any atom is -0.384 e. The lowest BCUT2D eigenvalue weighted by molar-refractivity contribution is 0.673. The van der Waals surface area contributed by atoms with Crippen molar-refractivity contribution in [1.82, 2.24) is 0 Å². The number of amidine groups is 1. The number of nitrogens with two attached hydrogens (primary N) is 1. The highest BCUT2D eigenvalue weighted by Crippen LogP contribution is 2.22. The van der Waals surface area contributed by atoms with Gasteiger partial charge in [-0.2, -0.15) is 11.8 Å². The fraction of sp³-hybridized carbons (Fsp3) is 0.500. The normalized spacial score (nSPS) is 12.2. The van der Waals surface area contributed by atoms with Gasteiger partial charge in [0.25, 0.3) is 0 Å². The van der Waals surface area contributed by atoms with E-state index in [0.717, 1.165) is 23.3 Å². The van der Waals surface area contributed by atoms with Crippen LogP contribution >= 0.6 is 11.8 Å². The molecule has 0 fully saturated rings. The summed E-state index contributed by atoms with van der Waals surface area (Å²) in [5, 5.41) is 7.50. The largest absolute Gasteiger partial charge is 0.384 e. The summed E-state index contributed by atoms with van der Waals surface area (Å²) in [6.07, 6.45) is 3.27. The van der Waals surface area contributed by atoms with Crippen molar-refractivity contribution in [1.29, 1.82) is 5.41 Å². The molecule has 0 bridgehead atoms. The highest BCUT2D eigenvalue weighted by Gasteiger charge is 2.13. The van der Waals surface area contributed by atoms with Crippen LogP contribution in [0.2, 0.25) is 0 Å². The van der Waals surface area contributed by atoms with E-state index in [2.05, 4.69) is 31.2 Å². The highest BCUT2D eigenvalue weighted by atomic mass is 32.2. The molecule has 0 spiro atoms. The first-order valence-electron chi connectivity index (χ1n) is 6.18. The van der Waals surface area contributed by atoms with Crippen LogP contribution in [-0.2, 0) is 0 Å². The summed E-state index contributed by atoms with van der Waals surface area (Å²) in [6, 6.07) is 6.64. The quantitative estimate of drug-likeness (QED) is 0.614. The number of benzene rings is 1. The third kappa shape index (κ3) is 3.42. The van der Waals surface area contributed by atoms with Crippen molar-refractivity contribution in [3.63, 3.8) is 0 Å². The SMILES string of the molecule is CCC(CSC)N(C)c1ccc(C(=N)N)c(C)c1. The summed E-state index contributed by atoms with van der Waals surface area (Å²) in [5.41, 5.74) is 8.62. The predicted molar refractivity (Wildman–Crippen MR) is 83.1 cm³/mol. The van der Waals surface area contributed by atoms with E-state index < -0.39 is 0 Å². The number of nitrogen functional groups attached to an aromatic ring is 1. The number of rotatable bonds is 6. The van der Waals surface area contributed by atoms with Crippen molar-refractivity contribution in [3.8, 4) is 0 Å². The summed E-state index contributed by atoms with van der Waals surface area (Å²) in [5.74, 6) is 1.26. The molecule has 0 aliphatic heterocycles. The van der Waals surface area contributed by atoms with Crippen LogP contribution in [0.4, 0.5) is 5.69 Å². The Morgan fingerprint density at radius 3 is 2.61 bits per heavy atom. The van der Waals surface area contributed by atoms with Gasteiger partial charge in [0.05, 0.1) is 0 Å². The maximum Gasteiger partial charge on any atom is 0.123 e. The molecule has 0 aliphatic rings. The van der Waals surface area contributed by atoms with E-state index in [1.807, 2.05) is 30.8 Å². The number of nitrogens with one attached hydrogen (secondary N) is 1. The Balaban J connectivity index is 2.96. The first kappa shape index (κ1) is 14.9. The average molecular weight is 265 g/mol. The second-order valence-corrected chi connectivity index (χ2v) is 5.45. The molecular weight excluding hydrogens is 242 g/mol. The van der Waals surface area contributed by atoms with Gasteiger partial charge in [0, 0.05) is 30.1 Å². The fourth-order valence-electron chi connectivity index (χ4n) is 2.08. The second-order valence-electron chi connectivity index (χ2n) is 4.54. The average Bonchev–Trinajstić information content (AvgIpc) is 2.34. The standard InChI is InChI=1S/C14H23N3S/c1-5-11(9-18-4)17(3)12-6-7-13(14(15)16)10(2)8-12/h6-8,11H,5,9H2,1-4H3,(H3,15,16). The summed E-state index contributed by atoms with van der Waals surface area (Å²) in [6.45, 7) is 4.22. The molecule has 0 saturated carbocycles. The van der Waals surface area contributed by atoms with Crippen LogP contribution in [0.1, 0.15) is 24.5 Å². The van der Waals surface area contributed by atoms with Gasteiger partial charge < -0.3 is 10.6 Å². The molecule has 0 saturated heterocycles. The van der Waals surface area contributed by atoms with E-state index in [1.165, 1.54) is 5.69 Å². The van der Waals surface area contributed by atoms with Crippen LogP contribution in [0.15, 0.2) is 18.2 Å². The van der Waals surface area contributed by atoms with Crippen LogP contribution in [0.5, 0.6) is 0 Å². The molecule has 1 unspecified atom stereocenters.